The summed E-state index contributed by atoms with van der Waals surface area (Å²) in [6.07, 6.45) is 2.62. The Labute approximate surface area is 111 Å². The summed E-state index contributed by atoms with van der Waals surface area (Å²) in [4.78, 5) is 11.5. The predicted octanol–water partition coefficient (Wildman–Crippen LogP) is 4.18. The van der Waals surface area contributed by atoms with E-state index in [0.717, 1.165) is 12.8 Å². The number of benzene rings is 1. The van der Waals surface area contributed by atoms with Gasteiger partial charge in [-0.05, 0) is 29.9 Å². The van der Waals surface area contributed by atoms with E-state index in [1.807, 2.05) is 6.92 Å². The third-order valence-electron chi connectivity index (χ3n) is 3.58. The molecule has 0 saturated carbocycles. The zero-order valence-corrected chi connectivity index (χ0v) is 12.0. The molecule has 1 rings (SSSR count). The first-order chi connectivity index (χ1) is 8.62. The SMILES string of the molecule is CCC(=O)N[C@H](CC)c1ccc([C@@H](C)CC)cc1. The lowest BCUT2D eigenvalue weighted by molar-refractivity contribution is -0.121. The molecule has 1 aromatic carbocycles. The average Bonchev–Trinajstić information content (AvgIpc) is 2.43. The Morgan fingerprint density at radius 2 is 1.61 bits per heavy atom. The van der Waals surface area contributed by atoms with Gasteiger partial charge in [0.25, 0.3) is 0 Å². The summed E-state index contributed by atoms with van der Waals surface area (Å²) in [5.74, 6) is 0.720. The summed E-state index contributed by atoms with van der Waals surface area (Å²) in [5, 5.41) is 3.06. The van der Waals surface area contributed by atoms with Crippen LogP contribution in [0.25, 0.3) is 0 Å². The Morgan fingerprint density at radius 1 is 1.06 bits per heavy atom. The summed E-state index contributed by atoms with van der Waals surface area (Å²) >= 11 is 0. The van der Waals surface area contributed by atoms with Crippen LogP contribution in [-0.2, 0) is 4.79 Å². The molecular weight excluding hydrogens is 222 g/mol. The van der Waals surface area contributed by atoms with E-state index in [2.05, 4.69) is 50.4 Å². The van der Waals surface area contributed by atoms with Crippen LogP contribution in [-0.4, -0.2) is 5.91 Å². The molecule has 0 aliphatic rings. The molecular formula is C16H25NO. The van der Waals surface area contributed by atoms with Crippen LogP contribution in [0.5, 0.6) is 0 Å². The molecule has 0 aliphatic heterocycles. The Hall–Kier alpha value is -1.31. The van der Waals surface area contributed by atoms with Crippen molar-refractivity contribution in [3.05, 3.63) is 35.4 Å². The maximum Gasteiger partial charge on any atom is 0.220 e. The zero-order valence-electron chi connectivity index (χ0n) is 12.0. The molecule has 0 saturated heterocycles. The molecule has 0 unspecified atom stereocenters. The molecule has 1 amide bonds. The molecule has 0 fully saturated rings. The Bertz CT molecular complexity index is 369. The molecule has 1 N–H and O–H groups in total. The second-order valence-corrected chi connectivity index (χ2v) is 4.86. The summed E-state index contributed by atoms with van der Waals surface area (Å²) in [6.45, 7) is 8.43. The van der Waals surface area contributed by atoms with Gasteiger partial charge in [0.1, 0.15) is 0 Å². The van der Waals surface area contributed by atoms with Gasteiger partial charge in [-0.25, -0.2) is 0 Å². The summed E-state index contributed by atoms with van der Waals surface area (Å²) in [6, 6.07) is 8.80. The van der Waals surface area contributed by atoms with E-state index in [1.54, 1.807) is 0 Å². The minimum atomic E-state index is 0.118. The van der Waals surface area contributed by atoms with Crippen molar-refractivity contribution in [1.82, 2.24) is 5.32 Å². The molecule has 100 valence electrons. The van der Waals surface area contributed by atoms with Crippen LogP contribution >= 0.6 is 0 Å². The lowest BCUT2D eigenvalue weighted by Gasteiger charge is -2.18. The van der Waals surface area contributed by atoms with E-state index in [-0.39, 0.29) is 11.9 Å². The predicted molar refractivity (Wildman–Crippen MR) is 76.6 cm³/mol. The van der Waals surface area contributed by atoms with Crippen LogP contribution in [0.2, 0.25) is 0 Å². The zero-order chi connectivity index (χ0) is 13.5. The Kier molecular flexibility index (Phi) is 5.90. The molecule has 0 bridgehead atoms. The monoisotopic (exact) mass is 247 g/mol. The minimum Gasteiger partial charge on any atom is -0.349 e. The summed E-state index contributed by atoms with van der Waals surface area (Å²) in [5.41, 5.74) is 2.57. The van der Waals surface area contributed by atoms with Crippen LogP contribution in [0.4, 0.5) is 0 Å². The first-order valence-corrected chi connectivity index (χ1v) is 7.01. The van der Waals surface area contributed by atoms with E-state index in [1.165, 1.54) is 11.1 Å². The van der Waals surface area contributed by atoms with Crippen molar-refractivity contribution in [3.63, 3.8) is 0 Å². The molecule has 0 radical (unpaired) electrons. The van der Waals surface area contributed by atoms with Gasteiger partial charge in [-0.1, -0.05) is 52.0 Å². The third kappa shape index (κ3) is 3.86. The van der Waals surface area contributed by atoms with Crippen LogP contribution in [0.3, 0.4) is 0 Å². The maximum atomic E-state index is 11.5. The van der Waals surface area contributed by atoms with Gasteiger partial charge in [-0.15, -0.1) is 0 Å². The highest BCUT2D eigenvalue weighted by molar-refractivity contribution is 5.76. The first-order valence-electron chi connectivity index (χ1n) is 7.01. The molecule has 0 aliphatic carbocycles. The normalized spacial score (nSPS) is 14.0. The minimum absolute atomic E-state index is 0.118. The van der Waals surface area contributed by atoms with E-state index in [4.69, 9.17) is 0 Å². The highest BCUT2D eigenvalue weighted by Gasteiger charge is 2.12. The van der Waals surface area contributed by atoms with E-state index in [0.29, 0.717) is 12.3 Å². The summed E-state index contributed by atoms with van der Waals surface area (Å²) < 4.78 is 0. The average molecular weight is 247 g/mol. The number of nitrogens with one attached hydrogen (secondary N) is 1. The first kappa shape index (κ1) is 14.7. The quantitative estimate of drug-likeness (QED) is 0.803. The van der Waals surface area contributed by atoms with Gasteiger partial charge in [0.2, 0.25) is 5.91 Å². The second-order valence-electron chi connectivity index (χ2n) is 4.86. The molecule has 2 heteroatoms. The van der Waals surface area contributed by atoms with Crippen LogP contribution in [0.15, 0.2) is 24.3 Å². The number of hydrogen-bond donors (Lipinski definition) is 1. The highest BCUT2D eigenvalue weighted by atomic mass is 16.1. The van der Waals surface area contributed by atoms with Crippen molar-refractivity contribution in [2.24, 2.45) is 0 Å². The van der Waals surface area contributed by atoms with E-state index in [9.17, 15) is 4.79 Å². The van der Waals surface area contributed by atoms with Gasteiger partial charge >= 0.3 is 0 Å². The van der Waals surface area contributed by atoms with Crippen LogP contribution in [0, 0.1) is 0 Å². The second kappa shape index (κ2) is 7.20. The Morgan fingerprint density at radius 3 is 2.06 bits per heavy atom. The van der Waals surface area contributed by atoms with Gasteiger partial charge in [0.05, 0.1) is 6.04 Å². The lowest BCUT2D eigenvalue weighted by Crippen LogP contribution is -2.27. The molecule has 0 spiro atoms. The smallest absolute Gasteiger partial charge is 0.220 e. The number of carbonyl (C=O) groups excluding carboxylic acids is 1. The molecule has 2 nitrogen and oxygen atoms in total. The standard InChI is InChI=1S/C16H25NO/c1-5-12(4)13-8-10-14(11-9-13)15(6-2)17-16(18)7-3/h8-12,15H,5-7H2,1-4H3,(H,17,18)/t12-,15+/m0/s1. The number of carbonyl (C=O) groups is 1. The highest BCUT2D eigenvalue weighted by Crippen LogP contribution is 2.22. The van der Waals surface area contributed by atoms with Crippen molar-refractivity contribution in [2.45, 2.75) is 58.9 Å². The van der Waals surface area contributed by atoms with Gasteiger partial charge in [-0.2, -0.15) is 0 Å². The molecule has 1 aromatic rings. The van der Waals surface area contributed by atoms with Crippen LogP contribution in [0.1, 0.15) is 70.0 Å². The van der Waals surface area contributed by atoms with Crippen molar-refractivity contribution < 1.29 is 4.79 Å². The molecule has 2 atom stereocenters. The lowest BCUT2D eigenvalue weighted by atomic mass is 9.95. The molecule has 0 heterocycles. The van der Waals surface area contributed by atoms with Crippen molar-refractivity contribution in [2.75, 3.05) is 0 Å². The topological polar surface area (TPSA) is 29.1 Å². The largest absolute Gasteiger partial charge is 0.349 e. The fraction of sp³-hybridized carbons (Fsp3) is 0.562. The van der Waals surface area contributed by atoms with Gasteiger partial charge < -0.3 is 5.32 Å². The fourth-order valence-electron chi connectivity index (χ4n) is 2.01. The number of amides is 1. The third-order valence-corrected chi connectivity index (χ3v) is 3.58. The Balaban J connectivity index is 2.78. The summed E-state index contributed by atoms with van der Waals surface area (Å²) in [7, 11) is 0. The van der Waals surface area contributed by atoms with E-state index < -0.39 is 0 Å². The number of hydrogen-bond acceptors (Lipinski definition) is 1. The van der Waals surface area contributed by atoms with Crippen molar-refractivity contribution in [1.29, 1.82) is 0 Å². The maximum absolute atomic E-state index is 11.5. The van der Waals surface area contributed by atoms with Gasteiger partial charge in [-0.3, -0.25) is 4.79 Å². The van der Waals surface area contributed by atoms with Crippen molar-refractivity contribution in [3.8, 4) is 0 Å². The van der Waals surface area contributed by atoms with E-state index >= 15 is 0 Å². The molecule has 18 heavy (non-hydrogen) atoms. The van der Waals surface area contributed by atoms with Gasteiger partial charge in [0, 0.05) is 6.42 Å². The molecule has 0 aromatic heterocycles. The number of rotatable bonds is 6. The van der Waals surface area contributed by atoms with Crippen LogP contribution < -0.4 is 5.32 Å². The van der Waals surface area contributed by atoms with Gasteiger partial charge in [0.15, 0.2) is 0 Å². The fourth-order valence-corrected chi connectivity index (χ4v) is 2.01. The van der Waals surface area contributed by atoms with Crippen molar-refractivity contribution >= 4 is 5.91 Å².